The Labute approximate surface area is 337 Å². The molecule has 10 rings (SSSR count). The van der Waals surface area contributed by atoms with Gasteiger partial charge >= 0.3 is 0 Å². The van der Waals surface area contributed by atoms with Crippen molar-refractivity contribution < 1.29 is 0 Å². The molecule has 0 bridgehead atoms. The third-order valence-electron chi connectivity index (χ3n) is 13.0. The molecule has 284 valence electrons. The van der Waals surface area contributed by atoms with E-state index >= 15 is 0 Å². The summed E-state index contributed by atoms with van der Waals surface area (Å²) in [6, 6.07) is 42.9. The largest absolute Gasteiger partial charge is 0.346 e. The summed E-state index contributed by atoms with van der Waals surface area (Å²) < 4.78 is 2.42. The van der Waals surface area contributed by atoms with Crippen molar-refractivity contribution in [3.8, 4) is 11.1 Å². The van der Waals surface area contributed by atoms with Crippen molar-refractivity contribution in [2.24, 2.45) is 10.9 Å². The molecule has 0 spiro atoms. The first kappa shape index (κ1) is 35.5. The number of para-hydroxylation sites is 2. The predicted octanol–water partition coefficient (Wildman–Crippen LogP) is 13.9. The number of benzene rings is 5. The molecule has 4 unspecified atom stereocenters. The number of anilines is 2. The van der Waals surface area contributed by atoms with Crippen molar-refractivity contribution in [1.82, 2.24) is 4.57 Å². The number of allylic oxidation sites excluding steroid dienone is 6. The Hall–Kier alpha value is -5.87. The van der Waals surface area contributed by atoms with Gasteiger partial charge in [0.1, 0.15) is 0 Å². The zero-order valence-corrected chi connectivity index (χ0v) is 33.2. The number of hydrogen-bond acceptors (Lipinski definition) is 3. The van der Waals surface area contributed by atoms with Crippen LogP contribution in [0, 0.1) is 5.92 Å². The highest BCUT2D eigenvalue weighted by Gasteiger charge is 2.28. The Morgan fingerprint density at radius 1 is 0.772 bits per heavy atom. The summed E-state index contributed by atoms with van der Waals surface area (Å²) in [6.45, 7) is 5.56. The summed E-state index contributed by atoms with van der Waals surface area (Å²) in [5.74, 6) is 1.27. The highest BCUT2D eigenvalue weighted by Crippen LogP contribution is 2.43. The Morgan fingerprint density at radius 3 is 2.46 bits per heavy atom. The standard InChI is InChI=1S/C53H52N4/c1-3-37-17-11-6-16-32-56(42-29-26-36(2)45(35-42)38-18-7-4-8-19-38)49-30-27-40(33-46(37)49)41-28-31-51-47(34-41)43-22-13-15-25-50(43)57(51)53-54-48-24-14-12-23-44(48)52(55-53)39-20-9-5-10-21-39/h4,6-8,12-16,18-20,22-31,33-37,45,53-54H,3,5,9-11,17,21,32H2,1-2H3/b16-6-. The minimum atomic E-state index is -0.246. The van der Waals surface area contributed by atoms with Gasteiger partial charge in [0.2, 0.25) is 6.29 Å². The highest BCUT2D eigenvalue weighted by atomic mass is 15.3. The number of hydrogen-bond donors (Lipinski definition) is 1. The van der Waals surface area contributed by atoms with E-state index in [1.54, 1.807) is 0 Å². The molecule has 4 nitrogen and oxygen atoms in total. The summed E-state index contributed by atoms with van der Waals surface area (Å²) in [6.07, 6.45) is 22.3. The molecular formula is C53H52N4. The molecular weight excluding hydrogens is 693 g/mol. The van der Waals surface area contributed by atoms with E-state index in [4.69, 9.17) is 4.99 Å². The maximum atomic E-state index is 5.51. The molecule has 0 fully saturated rings. The molecule has 57 heavy (non-hydrogen) atoms. The van der Waals surface area contributed by atoms with E-state index in [1.165, 1.54) is 79.4 Å². The van der Waals surface area contributed by atoms with E-state index in [0.717, 1.165) is 50.0 Å². The van der Waals surface area contributed by atoms with E-state index in [-0.39, 0.29) is 6.29 Å². The van der Waals surface area contributed by atoms with Gasteiger partial charge < -0.3 is 14.8 Å². The van der Waals surface area contributed by atoms with Gasteiger partial charge in [0.05, 0.1) is 16.7 Å². The highest BCUT2D eigenvalue weighted by molar-refractivity contribution is 6.17. The molecule has 4 aliphatic rings. The molecule has 6 aromatic rings. The van der Waals surface area contributed by atoms with Crippen LogP contribution in [0.1, 0.15) is 93.6 Å². The van der Waals surface area contributed by atoms with Gasteiger partial charge in [0.15, 0.2) is 0 Å². The molecule has 1 aromatic heterocycles. The Morgan fingerprint density at radius 2 is 1.58 bits per heavy atom. The van der Waals surface area contributed by atoms with E-state index in [1.807, 2.05) is 0 Å². The second kappa shape index (κ2) is 15.2. The van der Waals surface area contributed by atoms with Crippen LogP contribution in [0.15, 0.2) is 168 Å². The first-order chi connectivity index (χ1) is 28.1. The molecule has 4 atom stereocenters. The van der Waals surface area contributed by atoms with Gasteiger partial charge in [-0.3, -0.25) is 0 Å². The smallest absolute Gasteiger partial charge is 0.201 e. The SMILES string of the molecule is CCC1CC/C=C\CN(C2=CC(c3ccccc3)C(C)C=C2)c2ccc(-c3ccc4c(c3)c3ccccc3n4C3N=C(C4=CCCCC4)c4ccccc4N3)cc21. The van der Waals surface area contributed by atoms with E-state index in [0.29, 0.717) is 17.8 Å². The molecule has 2 aliphatic heterocycles. The van der Waals surface area contributed by atoms with Crippen LogP contribution >= 0.6 is 0 Å². The molecule has 0 amide bonds. The summed E-state index contributed by atoms with van der Waals surface area (Å²) >= 11 is 0. The van der Waals surface area contributed by atoms with Gasteiger partial charge in [0, 0.05) is 45.9 Å². The monoisotopic (exact) mass is 744 g/mol. The van der Waals surface area contributed by atoms with Gasteiger partial charge in [-0.1, -0.05) is 123 Å². The van der Waals surface area contributed by atoms with Gasteiger partial charge in [0.25, 0.3) is 0 Å². The van der Waals surface area contributed by atoms with Crippen molar-refractivity contribution in [1.29, 1.82) is 0 Å². The van der Waals surface area contributed by atoms with Gasteiger partial charge in [-0.25, -0.2) is 4.99 Å². The topological polar surface area (TPSA) is 32.6 Å². The normalized spacial score (nSPS) is 22.6. The third-order valence-corrected chi connectivity index (χ3v) is 13.0. The third kappa shape index (κ3) is 6.55. The number of nitrogens with one attached hydrogen (secondary N) is 1. The van der Waals surface area contributed by atoms with Crippen LogP contribution in [0.3, 0.4) is 0 Å². The number of aliphatic imine (C=N–C) groups is 1. The van der Waals surface area contributed by atoms with E-state index < -0.39 is 0 Å². The average molecular weight is 745 g/mol. The molecule has 4 heteroatoms. The number of fused-ring (bicyclic) bond motifs is 5. The first-order valence-electron chi connectivity index (χ1n) is 21.3. The van der Waals surface area contributed by atoms with Crippen LogP contribution in [0.5, 0.6) is 0 Å². The van der Waals surface area contributed by atoms with Crippen LogP contribution in [0.25, 0.3) is 32.9 Å². The molecule has 2 aliphatic carbocycles. The van der Waals surface area contributed by atoms with Crippen LogP contribution < -0.4 is 10.2 Å². The lowest BCUT2D eigenvalue weighted by Gasteiger charge is -2.33. The summed E-state index contributed by atoms with van der Waals surface area (Å²) in [4.78, 5) is 8.07. The fourth-order valence-electron chi connectivity index (χ4n) is 9.90. The maximum Gasteiger partial charge on any atom is 0.201 e. The van der Waals surface area contributed by atoms with Crippen LogP contribution in [0.2, 0.25) is 0 Å². The van der Waals surface area contributed by atoms with Crippen LogP contribution in [0.4, 0.5) is 11.4 Å². The molecule has 0 radical (unpaired) electrons. The van der Waals surface area contributed by atoms with Gasteiger partial charge in [-0.15, -0.1) is 0 Å². The van der Waals surface area contributed by atoms with Gasteiger partial charge in [-0.05, 0) is 127 Å². The van der Waals surface area contributed by atoms with Crippen LogP contribution in [-0.2, 0) is 0 Å². The lowest BCUT2D eigenvalue weighted by molar-refractivity contribution is 0.613. The number of aromatic nitrogens is 1. The first-order valence-corrected chi connectivity index (χ1v) is 21.3. The van der Waals surface area contributed by atoms with Crippen molar-refractivity contribution in [3.63, 3.8) is 0 Å². The second-order valence-corrected chi connectivity index (χ2v) is 16.4. The molecule has 3 heterocycles. The minimum Gasteiger partial charge on any atom is -0.346 e. The van der Waals surface area contributed by atoms with Crippen molar-refractivity contribution in [2.75, 3.05) is 16.8 Å². The van der Waals surface area contributed by atoms with Gasteiger partial charge in [-0.2, -0.15) is 0 Å². The quantitative estimate of drug-likeness (QED) is 0.172. The van der Waals surface area contributed by atoms with E-state index in [2.05, 4.69) is 180 Å². The molecule has 0 saturated heterocycles. The second-order valence-electron chi connectivity index (χ2n) is 16.4. The lowest BCUT2D eigenvalue weighted by Crippen LogP contribution is -2.26. The van der Waals surface area contributed by atoms with Crippen molar-refractivity contribution in [3.05, 3.63) is 180 Å². The Kier molecular flexibility index (Phi) is 9.50. The van der Waals surface area contributed by atoms with Crippen LogP contribution in [-0.4, -0.2) is 16.8 Å². The molecule has 0 saturated carbocycles. The lowest BCUT2D eigenvalue weighted by atomic mass is 9.83. The number of rotatable bonds is 6. The molecule has 1 N–H and O–H groups in total. The van der Waals surface area contributed by atoms with E-state index in [9.17, 15) is 0 Å². The summed E-state index contributed by atoms with van der Waals surface area (Å²) in [5, 5.41) is 6.35. The average Bonchev–Trinajstić information content (AvgIpc) is 3.64. The predicted molar refractivity (Wildman–Crippen MR) is 241 cm³/mol. The summed E-state index contributed by atoms with van der Waals surface area (Å²) in [5.41, 5.74) is 15.3. The zero-order valence-electron chi connectivity index (χ0n) is 33.2. The molecule has 5 aromatic carbocycles. The Bertz CT molecular complexity index is 2620. The maximum absolute atomic E-state index is 5.51. The van der Waals surface area contributed by atoms with Crippen molar-refractivity contribution in [2.45, 2.75) is 76.9 Å². The summed E-state index contributed by atoms with van der Waals surface area (Å²) in [7, 11) is 0. The minimum absolute atomic E-state index is 0.246. The van der Waals surface area contributed by atoms with Crippen molar-refractivity contribution >= 4 is 38.9 Å². The fraction of sp³-hybridized carbons (Fsp3) is 0.264. The number of nitrogens with zero attached hydrogens (tertiary/aromatic N) is 3. The fourth-order valence-corrected chi connectivity index (χ4v) is 9.90. The zero-order chi connectivity index (χ0) is 38.3. The Balaban J connectivity index is 1.07.